The van der Waals surface area contributed by atoms with Gasteiger partial charge in [0.15, 0.2) is 0 Å². The van der Waals surface area contributed by atoms with Crippen molar-refractivity contribution in [3.8, 4) is 0 Å². The molecule has 0 amide bonds. The summed E-state index contributed by atoms with van der Waals surface area (Å²) in [5.74, 6) is -0.632. The maximum atomic E-state index is 11.2. The molecule has 76 valence electrons. The molecule has 0 aliphatic carbocycles. The molecule has 7 heteroatoms. The molecule has 0 aliphatic rings. The molecule has 0 saturated carbocycles. The molecule has 0 saturated heterocycles. The number of ether oxygens (including phenoxy) is 1. The summed E-state index contributed by atoms with van der Waals surface area (Å²) in [6, 6.07) is 0. The van der Waals surface area contributed by atoms with Gasteiger partial charge >= 0.3 is 104 Å². The Morgan fingerprint density at radius 1 is 1.36 bits per heavy atom. The molecule has 0 spiro atoms. The molecule has 14 heavy (non-hydrogen) atoms. The van der Waals surface area contributed by atoms with E-state index in [2.05, 4.69) is 9.72 Å². The van der Waals surface area contributed by atoms with Crippen molar-refractivity contribution in [3.05, 3.63) is 20.9 Å². The molecule has 1 rings (SSSR count). The summed E-state index contributed by atoms with van der Waals surface area (Å²) in [5.41, 5.74) is -0.0112. The van der Waals surface area contributed by atoms with E-state index in [-0.39, 0.29) is 20.9 Å². The number of aromatic nitrogens is 1. The summed E-state index contributed by atoms with van der Waals surface area (Å²) in [6.45, 7) is 0. The monoisotopic (exact) mass is 315 g/mol. The Kier molecular flexibility index (Phi) is 4.08. The van der Waals surface area contributed by atoms with Gasteiger partial charge in [0.25, 0.3) is 0 Å². The van der Waals surface area contributed by atoms with Crippen LogP contribution in [0.3, 0.4) is 0 Å². The number of carbonyl (C=O) groups excluding carboxylic acids is 1. The first kappa shape index (κ1) is 12.1. The topological polar surface area (TPSA) is 39.2 Å². The molecule has 1 unspecified atom stereocenters. The summed E-state index contributed by atoms with van der Waals surface area (Å²) >= 11 is 18.5. The number of hydrogen-bond acceptors (Lipinski definition) is 3. The van der Waals surface area contributed by atoms with Crippen molar-refractivity contribution >= 4 is 62.0 Å². The predicted octanol–water partition coefficient (Wildman–Crippen LogP) is 1.09. The van der Waals surface area contributed by atoms with Crippen LogP contribution in [-0.4, -0.2) is 34.9 Å². The fraction of sp³-hybridized carbons (Fsp3) is 0.143. The molecule has 1 aromatic heterocycles. The van der Waals surface area contributed by atoms with E-state index in [0.29, 0.717) is 4.35 Å². The van der Waals surface area contributed by atoms with E-state index in [1.54, 1.807) is 0 Å². The number of pyridine rings is 1. The van der Waals surface area contributed by atoms with Crippen LogP contribution in [0.15, 0.2) is 0 Å². The Hall–Kier alpha value is 0.0484. The number of nitrogens with zero attached hydrogens (tertiary/aromatic N) is 1. The first-order chi connectivity index (χ1) is 6.49. The van der Waals surface area contributed by atoms with Gasteiger partial charge in [0.05, 0.1) is 0 Å². The average molecular weight is 316 g/mol. The number of hydrogen-bond donors (Lipinski definition) is 0. The molecule has 0 aromatic carbocycles. The molecule has 1 atom stereocenters. The zero-order chi connectivity index (χ0) is 10.9. The van der Waals surface area contributed by atoms with Gasteiger partial charge in [-0.05, 0) is 0 Å². The van der Waals surface area contributed by atoms with E-state index < -0.39 is 5.97 Å². The zero-order valence-electron chi connectivity index (χ0n) is 6.97. The molecule has 1 heterocycles. The van der Waals surface area contributed by atoms with E-state index in [1.807, 2.05) is 0 Å². The molecular formula is C7H5AsCl3NO2. The molecule has 0 bridgehead atoms. The van der Waals surface area contributed by atoms with Crippen LogP contribution < -0.4 is 4.35 Å². The second-order valence-electron chi connectivity index (χ2n) is 2.28. The number of rotatable bonds is 1. The maximum absolute atomic E-state index is 11.2. The summed E-state index contributed by atoms with van der Waals surface area (Å²) in [5, 5.41) is 0.506. The van der Waals surface area contributed by atoms with E-state index in [9.17, 15) is 4.79 Å². The normalized spacial score (nSPS) is 10.1. The molecule has 0 aliphatic heterocycles. The first-order valence-corrected chi connectivity index (χ1v) is 5.71. The first-order valence-electron chi connectivity index (χ1n) is 3.37. The molecule has 0 radical (unpaired) electrons. The number of methoxy groups -OCH3 is 1. The summed E-state index contributed by atoms with van der Waals surface area (Å²) < 4.78 is 5.06. The standard InChI is InChI=1S/C7H5AsCl3NO2/c1-14-7(13)5-3(9)2(8)4(10)6(11)12-5/h8H2,1H3. The average Bonchev–Trinajstić information content (AvgIpc) is 2.19. The second-order valence-corrected chi connectivity index (χ2v) is 4.61. The van der Waals surface area contributed by atoms with Gasteiger partial charge in [0, 0.05) is 0 Å². The van der Waals surface area contributed by atoms with Crippen molar-refractivity contribution in [1.82, 2.24) is 4.98 Å². The van der Waals surface area contributed by atoms with Gasteiger partial charge in [-0.1, -0.05) is 0 Å². The third-order valence-corrected chi connectivity index (χ3v) is 4.57. The van der Waals surface area contributed by atoms with Gasteiger partial charge in [-0.15, -0.1) is 0 Å². The zero-order valence-corrected chi connectivity index (χ0v) is 11.7. The van der Waals surface area contributed by atoms with E-state index >= 15 is 0 Å². The molecule has 0 fully saturated rings. The van der Waals surface area contributed by atoms with Crippen molar-refractivity contribution in [1.29, 1.82) is 0 Å². The van der Waals surface area contributed by atoms with Gasteiger partial charge in [-0.3, -0.25) is 0 Å². The summed E-state index contributed by atoms with van der Waals surface area (Å²) in [4.78, 5) is 14.9. The van der Waals surface area contributed by atoms with Crippen LogP contribution in [0.1, 0.15) is 10.5 Å². The minimum absolute atomic E-state index is 0.0112. The van der Waals surface area contributed by atoms with Crippen LogP contribution in [0.4, 0.5) is 0 Å². The third kappa shape index (κ3) is 2.17. The van der Waals surface area contributed by atoms with Crippen molar-refractivity contribution in [2.75, 3.05) is 7.11 Å². The predicted molar refractivity (Wildman–Crippen MR) is 58.8 cm³/mol. The van der Waals surface area contributed by atoms with Crippen molar-refractivity contribution in [2.24, 2.45) is 0 Å². The minimum atomic E-state index is -0.632. The quantitative estimate of drug-likeness (QED) is 0.442. The molecule has 1 aromatic rings. The second kappa shape index (κ2) is 4.71. The van der Waals surface area contributed by atoms with E-state index in [4.69, 9.17) is 34.8 Å². The van der Waals surface area contributed by atoms with Gasteiger partial charge in [0.2, 0.25) is 0 Å². The SMILES string of the molecule is COC(=O)c1nc(Cl)c(Cl)c([AsH2])c1Cl. The van der Waals surface area contributed by atoms with Crippen LogP contribution >= 0.6 is 34.8 Å². The van der Waals surface area contributed by atoms with Crippen LogP contribution in [0.2, 0.25) is 15.2 Å². The number of carbonyl (C=O) groups is 1. The van der Waals surface area contributed by atoms with Gasteiger partial charge < -0.3 is 0 Å². The number of esters is 1. The van der Waals surface area contributed by atoms with Crippen LogP contribution in [0, 0.1) is 0 Å². The summed E-state index contributed by atoms with van der Waals surface area (Å²) in [6.07, 6.45) is 0. The van der Waals surface area contributed by atoms with Crippen molar-refractivity contribution < 1.29 is 9.53 Å². The van der Waals surface area contributed by atoms with E-state index in [1.165, 1.54) is 7.11 Å². The van der Waals surface area contributed by atoms with Crippen LogP contribution in [-0.2, 0) is 4.74 Å². The van der Waals surface area contributed by atoms with Crippen molar-refractivity contribution in [2.45, 2.75) is 0 Å². The van der Waals surface area contributed by atoms with E-state index in [0.717, 1.165) is 16.9 Å². The van der Waals surface area contributed by atoms with Gasteiger partial charge in [-0.2, -0.15) is 0 Å². The molecular weight excluding hydrogens is 311 g/mol. The summed E-state index contributed by atoms with van der Waals surface area (Å²) in [7, 11) is 1.24. The Morgan fingerprint density at radius 2 is 1.93 bits per heavy atom. The molecule has 0 N–H and O–H groups in total. The molecule has 3 nitrogen and oxygen atoms in total. The fourth-order valence-corrected chi connectivity index (χ4v) is 2.11. The van der Waals surface area contributed by atoms with Gasteiger partial charge in [0.1, 0.15) is 0 Å². The van der Waals surface area contributed by atoms with Gasteiger partial charge in [-0.25, -0.2) is 0 Å². The fourth-order valence-electron chi connectivity index (χ4n) is 0.763. The Bertz CT molecular complexity index is 397. The van der Waals surface area contributed by atoms with Crippen LogP contribution in [0.25, 0.3) is 0 Å². The third-order valence-electron chi connectivity index (χ3n) is 1.45. The van der Waals surface area contributed by atoms with Crippen molar-refractivity contribution in [3.63, 3.8) is 0 Å². The number of halogens is 3. The van der Waals surface area contributed by atoms with Crippen LogP contribution in [0.5, 0.6) is 0 Å². The Morgan fingerprint density at radius 3 is 2.43 bits per heavy atom. The Balaban J connectivity index is 3.40. The Labute approximate surface area is 104 Å².